The normalized spacial score (nSPS) is 10.3. The van der Waals surface area contributed by atoms with E-state index in [0.29, 0.717) is 5.82 Å². The van der Waals surface area contributed by atoms with E-state index in [0.717, 1.165) is 12.0 Å². The smallest absolute Gasteiger partial charge is 0.142 e. The Morgan fingerprint density at radius 1 is 1.55 bits per heavy atom. The molecular weight excluding hydrogens is 140 g/mol. The minimum absolute atomic E-state index is 0.707. The third kappa shape index (κ3) is 2.29. The Bertz CT molecular complexity index is 281. The fraction of sp³-hybridized carbons (Fsp3) is 0.125. The Hall–Kier alpha value is -1.51. The second-order valence-corrected chi connectivity index (χ2v) is 2.02. The number of rotatable bonds is 2. The molecule has 0 fully saturated rings. The molecule has 0 atom stereocenters. The van der Waals surface area contributed by atoms with Crippen LogP contribution in [0.4, 0.5) is 0 Å². The molecule has 1 rings (SSSR count). The van der Waals surface area contributed by atoms with Crippen molar-refractivity contribution in [2.75, 3.05) is 0 Å². The quantitative estimate of drug-likeness (QED) is 0.464. The van der Waals surface area contributed by atoms with Crippen LogP contribution in [0.3, 0.4) is 0 Å². The van der Waals surface area contributed by atoms with Gasteiger partial charge in [-0.2, -0.15) is 0 Å². The number of aldehydes is 1. The van der Waals surface area contributed by atoms with Crippen LogP contribution in [0.5, 0.6) is 0 Å². The van der Waals surface area contributed by atoms with Crippen molar-refractivity contribution in [3.8, 4) is 0 Å². The van der Waals surface area contributed by atoms with Crippen molar-refractivity contribution >= 4 is 12.4 Å². The molecule has 0 radical (unpaired) electrons. The van der Waals surface area contributed by atoms with E-state index in [9.17, 15) is 4.79 Å². The van der Waals surface area contributed by atoms with Crippen molar-refractivity contribution < 1.29 is 4.79 Å². The molecule has 1 heterocycles. The molecule has 11 heavy (non-hydrogen) atoms. The van der Waals surface area contributed by atoms with Crippen molar-refractivity contribution in [1.82, 2.24) is 9.97 Å². The van der Waals surface area contributed by atoms with Crippen molar-refractivity contribution in [2.24, 2.45) is 0 Å². The Labute approximate surface area is 64.8 Å². The largest absolute Gasteiger partial charge is 0.299 e. The van der Waals surface area contributed by atoms with Gasteiger partial charge < -0.3 is 0 Å². The molecule has 1 aromatic heterocycles. The van der Waals surface area contributed by atoms with Crippen LogP contribution in [-0.2, 0) is 4.79 Å². The number of carbonyl (C=O) groups excluding carboxylic acids is 1. The van der Waals surface area contributed by atoms with Gasteiger partial charge in [0, 0.05) is 6.20 Å². The number of hydrogen-bond acceptors (Lipinski definition) is 3. The molecule has 3 nitrogen and oxygen atoms in total. The minimum atomic E-state index is 0.707. The lowest BCUT2D eigenvalue weighted by Crippen LogP contribution is -1.87. The third-order valence-corrected chi connectivity index (χ3v) is 1.14. The molecule has 0 aromatic carbocycles. The summed E-state index contributed by atoms with van der Waals surface area (Å²) in [7, 11) is 0. The topological polar surface area (TPSA) is 42.9 Å². The van der Waals surface area contributed by atoms with E-state index < -0.39 is 0 Å². The average molecular weight is 148 g/mol. The lowest BCUT2D eigenvalue weighted by Gasteiger charge is -1.91. The molecule has 0 unspecified atom stereocenters. The van der Waals surface area contributed by atoms with Gasteiger partial charge in [-0.25, -0.2) is 9.97 Å². The molecule has 0 aliphatic heterocycles. The zero-order valence-electron chi connectivity index (χ0n) is 6.19. The van der Waals surface area contributed by atoms with Crippen molar-refractivity contribution in [2.45, 2.75) is 6.92 Å². The van der Waals surface area contributed by atoms with E-state index in [4.69, 9.17) is 0 Å². The molecule has 56 valence electrons. The van der Waals surface area contributed by atoms with E-state index in [2.05, 4.69) is 9.97 Å². The van der Waals surface area contributed by atoms with Crippen molar-refractivity contribution in [1.29, 1.82) is 0 Å². The van der Waals surface area contributed by atoms with Gasteiger partial charge in [-0.05, 0) is 25.1 Å². The number of nitrogens with zero attached hydrogens (tertiary/aromatic N) is 2. The number of hydrogen-bond donors (Lipinski definition) is 0. The van der Waals surface area contributed by atoms with Crippen LogP contribution in [0.15, 0.2) is 18.3 Å². The standard InChI is InChI=1S/C8H8N2O/c1-7-9-5-4-8(10-7)3-2-6-11/h2-6H,1H3. The van der Waals surface area contributed by atoms with E-state index in [-0.39, 0.29) is 0 Å². The molecule has 0 saturated heterocycles. The van der Waals surface area contributed by atoms with Gasteiger partial charge in [0.25, 0.3) is 0 Å². The monoisotopic (exact) mass is 148 g/mol. The highest BCUT2D eigenvalue weighted by atomic mass is 16.1. The number of aromatic nitrogens is 2. The Balaban J connectivity index is 2.87. The highest BCUT2D eigenvalue weighted by Gasteiger charge is 1.87. The van der Waals surface area contributed by atoms with E-state index >= 15 is 0 Å². The Kier molecular flexibility index (Phi) is 2.49. The molecule has 0 spiro atoms. The SMILES string of the molecule is Cc1nccc(C=CC=O)n1. The first-order valence-electron chi connectivity index (χ1n) is 3.24. The number of aryl methyl sites for hydroxylation is 1. The molecular formula is C8H8N2O. The summed E-state index contributed by atoms with van der Waals surface area (Å²) in [5, 5.41) is 0. The van der Waals surface area contributed by atoms with Crippen LogP contribution in [0.1, 0.15) is 11.5 Å². The van der Waals surface area contributed by atoms with Gasteiger partial charge in [0.1, 0.15) is 12.1 Å². The van der Waals surface area contributed by atoms with Crippen LogP contribution < -0.4 is 0 Å². The zero-order valence-corrected chi connectivity index (χ0v) is 6.19. The zero-order chi connectivity index (χ0) is 8.10. The summed E-state index contributed by atoms with van der Waals surface area (Å²) >= 11 is 0. The van der Waals surface area contributed by atoms with Crippen molar-refractivity contribution in [3.63, 3.8) is 0 Å². The first-order valence-corrected chi connectivity index (χ1v) is 3.24. The summed E-state index contributed by atoms with van der Waals surface area (Å²) in [5.41, 5.74) is 0.754. The van der Waals surface area contributed by atoms with Crippen LogP contribution >= 0.6 is 0 Å². The molecule has 0 amide bonds. The van der Waals surface area contributed by atoms with Crippen LogP contribution in [-0.4, -0.2) is 16.3 Å². The number of carbonyl (C=O) groups is 1. The Morgan fingerprint density at radius 3 is 3.00 bits per heavy atom. The molecule has 0 N–H and O–H groups in total. The second-order valence-electron chi connectivity index (χ2n) is 2.02. The average Bonchev–Trinajstić information content (AvgIpc) is 2.01. The molecule has 0 aliphatic rings. The van der Waals surface area contributed by atoms with E-state index in [1.165, 1.54) is 6.08 Å². The van der Waals surface area contributed by atoms with Crippen LogP contribution in [0.2, 0.25) is 0 Å². The second kappa shape index (κ2) is 3.61. The molecule has 0 bridgehead atoms. The van der Waals surface area contributed by atoms with Crippen molar-refractivity contribution in [3.05, 3.63) is 29.9 Å². The summed E-state index contributed by atoms with van der Waals surface area (Å²) in [6.45, 7) is 1.80. The molecule has 3 heteroatoms. The van der Waals surface area contributed by atoms with Gasteiger partial charge in [-0.1, -0.05) is 0 Å². The van der Waals surface area contributed by atoms with Crippen LogP contribution in [0.25, 0.3) is 6.08 Å². The van der Waals surface area contributed by atoms with E-state index in [1.807, 2.05) is 0 Å². The predicted molar refractivity (Wildman–Crippen MR) is 41.9 cm³/mol. The Morgan fingerprint density at radius 2 is 2.36 bits per heavy atom. The van der Waals surface area contributed by atoms with E-state index in [1.54, 1.807) is 25.3 Å². The minimum Gasteiger partial charge on any atom is -0.299 e. The number of allylic oxidation sites excluding steroid dienone is 1. The van der Waals surface area contributed by atoms with Gasteiger partial charge in [0.15, 0.2) is 0 Å². The maximum absolute atomic E-state index is 9.93. The summed E-state index contributed by atoms with van der Waals surface area (Å²) in [4.78, 5) is 17.9. The molecule has 0 saturated carbocycles. The van der Waals surface area contributed by atoms with Crippen LogP contribution in [0, 0.1) is 6.92 Å². The first-order chi connectivity index (χ1) is 5.33. The van der Waals surface area contributed by atoms with Gasteiger partial charge in [0.2, 0.25) is 0 Å². The highest BCUT2D eigenvalue weighted by molar-refractivity contribution is 5.72. The van der Waals surface area contributed by atoms with Gasteiger partial charge >= 0.3 is 0 Å². The predicted octanol–water partition coefficient (Wildman–Crippen LogP) is 0.997. The maximum atomic E-state index is 9.93. The first kappa shape index (κ1) is 7.60. The fourth-order valence-electron chi connectivity index (χ4n) is 0.705. The lowest BCUT2D eigenvalue weighted by molar-refractivity contribution is -0.104. The van der Waals surface area contributed by atoms with Gasteiger partial charge in [-0.15, -0.1) is 0 Å². The highest BCUT2D eigenvalue weighted by Crippen LogP contribution is 1.95. The lowest BCUT2D eigenvalue weighted by atomic mass is 10.3. The fourth-order valence-corrected chi connectivity index (χ4v) is 0.705. The maximum Gasteiger partial charge on any atom is 0.142 e. The third-order valence-electron chi connectivity index (χ3n) is 1.14. The van der Waals surface area contributed by atoms with Gasteiger partial charge in [0.05, 0.1) is 5.69 Å². The van der Waals surface area contributed by atoms with Gasteiger partial charge in [-0.3, -0.25) is 4.79 Å². The summed E-state index contributed by atoms with van der Waals surface area (Å²) in [6, 6.07) is 1.74. The molecule has 1 aromatic rings. The summed E-state index contributed by atoms with van der Waals surface area (Å²) < 4.78 is 0. The summed E-state index contributed by atoms with van der Waals surface area (Å²) in [5.74, 6) is 0.707. The summed E-state index contributed by atoms with van der Waals surface area (Å²) in [6.07, 6.45) is 5.42. The molecule has 0 aliphatic carbocycles.